The number of hydrogen-bond acceptors (Lipinski definition) is 4. The van der Waals surface area contributed by atoms with Crippen molar-refractivity contribution in [3.63, 3.8) is 0 Å². The molecule has 0 atom stereocenters. The lowest BCUT2D eigenvalue weighted by Crippen LogP contribution is -2.30. The van der Waals surface area contributed by atoms with Crippen LogP contribution >= 0.6 is 23.1 Å². The standard InChI is InChI=1S/C23H18N2OS2/c24-19-20(25-14-8-3-9-15-25)23(27-16-17-10-4-1-5-11-17)28-22(19)21(26)18-12-6-2-7-13-18/h1-15H,16H2,(H-,24,26)/p+1. The van der Waals surface area contributed by atoms with E-state index < -0.39 is 0 Å². The Balaban J connectivity index is 1.74. The minimum absolute atomic E-state index is 0.0348. The molecular weight excluding hydrogens is 384 g/mol. The zero-order valence-corrected chi connectivity index (χ0v) is 16.7. The number of aromatic nitrogens is 1. The fourth-order valence-corrected chi connectivity index (χ4v) is 5.34. The summed E-state index contributed by atoms with van der Waals surface area (Å²) in [5.74, 6) is 0.785. The Labute approximate surface area is 172 Å². The van der Waals surface area contributed by atoms with Crippen molar-refractivity contribution in [2.24, 2.45) is 0 Å². The largest absolute Gasteiger partial charge is 0.392 e. The first kappa shape index (κ1) is 18.5. The van der Waals surface area contributed by atoms with Crippen LogP contribution in [0.15, 0.2) is 95.5 Å². The number of anilines is 1. The maximum atomic E-state index is 13.1. The normalized spacial score (nSPS) is 10.7. The summed E-state index contributed by atoms with van der Waals surface area (Å²) in [7, 11) is 0. The monoisotopic (exact) mass is 403 g/mol. The summed E-state index contributed by atoms with van der Waals surface area (Å²) < 4.78 is 3.03. The number of carbonyl (C=O) groups is 1. The van der Waals surface area contributed by atoms with Gasteiger partial charge >= 0.3 is 0 Å². The first-order valence-electron chi connectivity index (χ1n) is 8.89. The second-order valence-corrected chi connectivity index (χ2v) is 8.50. The number of hydrogen-bond donors (Lipinski definition) is 1. The smallest absolute Gasteiger partial charge is 0.259 e. The van der Waals surface area contributed by atoms with Gasteiger partial charge in [0.25, 0.3) is 5.69 Å². The van der Waals surface area contributed by atoms with Gasteiger partial charge in [0, 0.05) is 23.4 Å². The lowest BCUT2D eigenvalue weighted by molar-refractivity contribution is -0.596. The number of nitrogen functional groups attached to an aromatic ring is 1. The van der Waals surface area contributed by atoms with Crippen LogP contribution in [0.2, 0.25) is 0 Å². The van der Waals surface area contributed by atoms with Crippen molar-refractivity contribution in [1.29, 1.82) is 0 Å². The van der Waals surface area contributed by atoms with Crippen LogP contribution in [-0.4, -0.2) is 5.78 Å². The van der Waals surface area contributed by atoms with Gasteiger partial charge in [-0.1, -0.05) is 66.7 Å². The van der Waals surface area contributed by atoms with E-state index in [0.717, 1.165) is 15.6 Å². The van der Waals surface area contributed by atoms with Crippen LogP contribution in [0.25, 0.3) is 5.69 Å². The Hall–Kier alpha value is -2.89. The van der Waals surface area contributed by atoms with Crippen LogP contribution in [0.3, 0.4) is 0 Å². The Morgan fingerprint density at radius 3 is 2.18 bits per heavy atom. The number of benzene rings is 2. The highest BCUT2D eigenvalue weighted by Gasteiger charge is 2.28. The molecule has 4 rings (SSSR count). The molecule has 28 heavy (non-hydrogen) atoms. The Bertz CT molecular complexity index is 1080. The minimum atomic E-state index is -0.0348. The number of thiophene rings is 1. The van der Waals surface area contributed by atoms with E-state index in [2.05, 4.69) is 12.1 Å². The summed E-state index contributed by atoms with van der Waals surface area (Å²) in [4.78, 5) is 13.6. The van der Waals surface area contributed by atoms with Gasteiger partial charge < -0.3 is 5.73 Å². The Morgan fingerprint density at radius 1 is 0.893 bits per heavy atom. The summed E-state index contributed by atoms with van der Waals surface area (Å²) in [6.45, 7) is 0. The lowest BCUT2D eigenvalue weighted by atomic mass is 10.1. The SMILES string of the molecule is Nc1c(C(=O)c2ccccc2)sc(SCc2ccccc2)c1-[n+]1ccccc1. The van der Waals surface area contributed by atoms with E-state index in [1.54, 1.807) is 11.8 Å². The van der Waals surface area contributed by atoms with Gasteiger partial charge in [0.2, 0.25) is 5.78 Å². The third kappa shape index (κ3) is 3.86. The highest BCUT2D eigenvalue weighted by Crippen LogP contribution is 2.40. The summed E-state index contributed by atoms with van der Waals surface area (Å²) in [5, 5.41) is 0. The lowest BCUT2D eigenvalue weighted by Gasteiger charge is -2.01. The Kier molecular flexibility index (Phi) is 5.55. The second kappa shape index (κ2) is 8.42. The molecule has 0 saturated carbocycles. The molecule has 4 aromatic rings. The van der Waals surface area contributed by atoms with Crippen molar-refractivity contribution in [3.8, 4) is 5.69 Å². The quantitative estimate of drug-likeness (QED) is 0.276. The van der Waals surface area contributed by atoms with E-state index in [-0.39, 0.29) is 5.78 Å². The van der Waals surface area contributed by atoms with Crippen LogP contribution in [0.4, 0.5) is 5.69 Å². The van der Waals surface area contributed by atoms with Gasteiger partial charge in [0.15, 0.2) is 12.4 Å². The second-order valence-electron chi connectivity index (χ2n) is 6.23. The molecule has 0 aliphatic carbocycles. The predicted molar refractivity (Wildman–Crippen MR) is 116 cm³/mol. The maximum absolute atomic E-state index is 13.1. The molecule has 0 spiro atoms. The number of carbonyl (C=O) groups excluding carboxylic acids is 1. The van der Waals surface area contributed by atoms with Crippen LogP contribution in [0, 0.1) is 0 Å². The average molecular weight is 404 g/mol. The fourth-order valence-electron chi connectivity index (χ4n) is 2.92. The number of ketones is 1. The van der Waals surface area contributed by atoms with Crippen LogP contribution < -0.4 is 10.3 Å². The summed E-state index contributed by atoms with van der Waals surface area (Å²) in [6, 6.07) is 25.5. The predicted octanol–water partition coefficient (Wildman–Crippen LogP) is 5.13. The van der Waals surface area contributed by atoms with Gasteiger partial charge in [-0.15, -0.1) is 23.1 Å². The molecule has 2 aromatic heterocycles. The third-order valence-corrected chi connectivity index (χ3v) is 6.84. The zero-order chi connectivity index (χ0) is 19.3. The van der Waals surface area contributed by atoms with Gasteiger partial charge in [-0.25, -0.2) is 0 Å². The van der Waals surface area contributed by atoms with Crippen LogP contribution in [0.5, 0.6) is 0 Å². The summed E-state index contributed by atoms with van der Waals surface area (Å²) in [5.41, 5.74) is 9.80. The molecule has 0 radical (unpaired) electrons. The van der Waals surface area contributed by atoms with Gasteiger partial charge in [0.05, 0.1) is 0 Å². The number of pyridine rings is 1. The molecule has 2 heterocycles. The fraction of sp³-hybridized carbons (Fsp3) is 0.0435. The number of rotatable bonds is 6. The summed E-state index contributed by atoms with van der Waals surface area (Å²) in [6.07, 6.45) is 3.92. The number of nitrogens with two attached hydrogens (primary N) is 1. The van der Waals surface area contributed by atoms with Crippen molar-refractivity contribution < 1.29 is 9.36 Å². The molecule has 0 fully saturated rings. The average Bonchev–Trinajstić information content (AvgIpc) is 3.10. The maximum Gasteiger partial charge on any atom is 0.259 e. The topological polar surface area (TPSA) is 47.0 Å². The zero-order valence-electron chi connectivity index (χ0n) is 15.1. The van der Waals surface area contributed by atoms with Gasteiger partial charge in [0.1, 0.15) is 14.8 Å². The highest BCUT2D eigenvalue weighted by molar-refractivity contribution is 8.00. The highest BCUT2D eigenvalue weighted by atomic mass is 32.2. The van der Waals surface area contributed by atoms with E-state index in [1.165, 1.54) is 16.9 Å². The molecule has 2 aromatic carbocycles. The molecule has 0 aliphatic rings. The van der Waals surface area contributed by atoms with Crippen molar-refractivity contribution >= 4 is 34.6 Å². The van der Waals surface area contributed by atoms with E-state index in [9.17, 15) is 4.79 Å². The number of nitrogens with zero attached hydrogens (tertiary/aromatic N) is 1. The van der Waals surface area contributed by atoms with Gasteiger partial charge in [-0.05, 0) is 5.56 Å². The van der Waals surface area contributed by atoms with E-state index in [1.807, 2.05) is 83.7 Å². The van der Waals surface area contributed by atoms with Crippen LogP contribution in [-0.2, 0) is 5.75 Å². The summed E-state index contributed by atoms with van der Waals surface area (Å²) >= 11 is 3.18. The molecular formula is C23H19N2OS2+. The van der Waals surface area contributed by atoms with Gasteiger partial charge in [-0.2, -0.15) is 4.57 Å². The molecule has 5 heteroatoms. The third-order valence-electron chi connectivity index (χ3n) is 4.32. The molecule has 2 N–H and O–H groups in total. The van der Waals surface area contributed by atoms with Crippen molar-refractivity contribution in [2.45, 2.75) is 9.96 Å². The molecule has 0 aliphatic heterocycles. The number of thioether (sulfide) groups is 1. The molecule has 138 valence electrons. The molecule has 0 amide bonds. The molecule has 0 bridgehead atoms. The van der Waals surface area contributed by atoms with E-state index >= 15 is 0 Å². The van der Waals surface area contributed by atoms with Crippen molar-refractivity contribution in [3.05, 3.63) is 107 Å². The van der Waals surface area contributed by atoms with Gasteiger partial charge in [-0.3, -0.25) is 4.79 Å². The molecule has 3 nitrogen and oxygen atoms in total. The van der Waals surface area contributed by atoms with E-state index in [4.69, 9.17) is 5.73 Å². The molecule has 0 saturated heterocycles. The van der Waals surface area contributed by atoms with Crippen LogP contribution in [0.1, 0.15) is 20.8 Å². The van der Waals surface area contributed by atoms with Crippen molar-refractivity contribution in [2.75, 3.05) is 5.73 Å². The first-order valence-corrected chi connectivity index (χ1v) is 10.7. The first-order chi connectivity index (χ1) is 13.7. The molecule has 0 unspecified atom stereocenters. The van der Waals surface area contributed by atoms with E-state index in [0.29, 0.717) is 16.1 Å². The van der Waals surface area contributed by atoms with Crippen molar-refractivity contribution in [1.82, 2.24) is 0 Å². The Morgan fingerprint density at radius 2 is 1.50 bits per heavy atom. The minimum Gasteiger partial charge on any atom is -0.392 e.